The Bertz CT molecular complexity index is 798. The van der Waals surface area contributed by atoms with Gasteiger partial charge in [-0.2, -0.15) is 0 Å². The molecule has 2 aromatic rings. The predicted octanol–water partition coefficient (Wildman–Crippen LogP) is 4.08. The molecule has 0 spiro atoms. The number of likely N-dealkylation sites (tertiary alicyclic amines) is 1. The van der Waals surface area contributed by atoms with Crippen LogP contribution in [0, 0.1) is 0 Å². The third kappa shape index (κ3) is 3.69. The first-order valence-electron chi connectivity index (χ1n) is 10.1. The third-order valence-corrected chi connectivity index (χ3v) is 5.67. The maximum atomic E-state index is 13.0. The number of carbonyl (C=O) groups is 1. The van der Waals surface area contributed by atoms with Crippen molar-refractivity contribution in [2.24, 2.45) is 0 Å². The van der Waals surface area contributed by atoms with Gasteiger partial charge in [0.15, 0.2) is 5.82 Å². The monoisotopic (exact) mass is 364 g/mol. The van der Waals surface area contributed by atoms with Crippen molar-refractivity contribution in [1.29, 1.82) is 0 Å². The average molecular weight is 364 g/mol. The van der Waals surface area contributed by atoms with E-state index in [1.165, 1.54) is 38.8 Å². The Morgan fingerprint density at radius 1 is 0.926 bits per heavy atom. The van der Waals surface area contributed by atoms with E-state index in [9.17, 15) is 4.79 Å². The van der Waals surface area contributed by atoms with Gasteiger partial charge in [-0.15, -0.1) is 0 Å². The zero-order valence-electron chi connectivity index (χ0n) is 16.1. The van der Waals surface area contributed by atoms with Gasteiger partial charge in [0, 0.05) is 19.8 Å². The van der Waals surface area contributed by atoms with Crippen LogP contribution in [0.2, 0.25) is 0 Å². The molecule has 0 bridgehead atoms. The predicted molar refractivity (Wildman–Crippen MR) is 110 cm³/mol. The van der Waals surface area contributed by atoms with Gasteiger partial charge in [-0.05, 0) is 63.2 Å². The normalized spacial score (nSPS) is 17.9. The van der Waals surface area contributed by atoms with Crippen LogP contribution in [0.1, 0.15) is 42.5 Å². The van der Waals surface area contributed by atoms with Crippen LogP contribution in [0.4, 0.5) is 17.2 Å². The van der Waals surface area contributed by atoms with Gasteiger partial charge in [-0.1, -0.05) is 25.0 Å². The number of pyridine rings is 1. The largest absolute Gasteiger partial charge is 0.324 e. The Kier molecular flexibility index (Phi) is 5.39. The van der Waals surface area contributed by atoms with Crippen LogP contribution in [-0.2, 0) is 0 Å². The number of nitrogens with zero attached hydrogens (tertiary/aromatic N) is 4. The second-order valence-electron chi connectivity index (χ2n) is 7.49. The van der Waals surface area contributed by atoms with Crippen LogP contribution >= 0.6 is 0 Å². The molecular weight excluding hydrogens is 336 g/mol. The minimum atomic E-state index is 0.0230. The second kappa shape index (κ2) is 8.09. The summed E-state index contributed by atoms with van der Waals surface area (Å²) in [5.74, 6) is 0.893. The van der Waals surface area contributed by atoms with Crippen LogP contribution < -0.4 is 9.80 Å². The smallest absolute Gasteiger partial charge is 0.260 e. The highest BCUT2D eigenvalue weighted by molar-refractivity contribution is 6.13. The molecule has 1 amide bonds. The van der Waals surface area contributed by atoms with Crippen LogP contribution in [0.15, 0.2) is 42.6 Å². The van der Waals surface area contributed by atoms with Crippen molar-refractivity contribution in [2.75, 3.05) is 43.0 Å². The molecule has 0 saturated carbocycles. The van der Waals surface area contributed by atoms with Gasteiger partial charge >= 0.3 is 0 Å². The Morgan fingerprint density at radius 2 is 1.67 bits per heavy atom. The molecule has 1 aromatic carbocycles. The Hall–Kier alpha value is -2.40. The van der Waals surface area contributed by atoms with Gasteiger partial charge in [0.1, 0.15) is 0 Å². The summed E-state index contributed by atoms with van der Waals surface area (Å²) in [5, 5.41) is 0. The van der Waals surface area contributed by atoms with Crippen molar-refractivity contribution in [1.82, 2.24) is 9.88 Å². The molecule has 1 saturated heterocycles. The highest BCUT2D eigenvalue weighted by Crippen LogP contribution is 2.38. The Labute approximate surface area is 161 Å². The third-order valence-electron chi connectivity index (χ3n) is 5.67. The van der Waals surface area contributed by atoms with Crippen molar-refractivity contribution in [3.63, 3.8) is 0 Å². The van der Waals surface area contributed by atoms with Crippen LogP contribution in [-0.4, -0.2) is 49.0 Å². The number of amides is 1. The molecule has 0 N–H and O–H groups in total. The van der Waals surface area contributed by atoms with Crippen LogP contribution in [0.25, 0.3) is 0 Å². The molecule has 1 fully saturated rings. The average Bonchev–Trinajstić information content (AvgIpc) is 3.02. The van der Waals surface area contributed by atoms with Gasteiger partial charge in [-0.3, -0.25) is 4.79 Å². The van der Waals surface area contributed by atoms with Gasteiger partial charge in [0.05, 0.1) is 16.9 Å². The summed E-state index contributed by atoms with van der Waals surface area (Å²) in [4.78, 5) is 24.1. The summed E-state index contributed by atoms with van der Waals surface area (Å²) in [7, 11) is 1.83. The van der Waals surface area contributed by atoms with Crippen molar-refractivity contribution < 1.29 is 4.79 Å². The van der Waals surface area contributed by atoms with E-state index in [1.54, 1.807) is 4.90 Å². The van der Waals surface area contributed by atoms with Crippen LogP contribution in [0.3, 0.4) is 0 Å². The molecule has 4 rings (SSSR count). The first kappa shape index (κ1) is 18.0. The van der Waals surface area contributed by atoms with Crippen molar-refractivity contribution >= 4 is 23.1 Å². The van der Waals surface area contributed by atoms with Gasteiger partial charge < -0.3 is 14.7 Å². The molecule has 27 heavy (non-hydrogen) atoms. The Balaban J connectivity index is 1.60. The van der Waals surface area contributed by atoms with Crippen LogP contribution in [0.5, 0.6) is 0 Å². The number of anilines is 3. The first-order valence-corrected chi connectivity index (χ1v) is 10.1. The van der Waals surface area contributed by atoms with Gasteiger partial charge in [-0.25, -0.2) is 4.98 Å². The zero-order valence-corrected chi connectivity index (χ0v) is 16.1. The highest BCUT2D eigenvalue weighted by atomic mass is 16.2. The lowest BCUT2D eigenvalue weighted by Gasteiger charge is -2.27. The fraction of sp³-hybridized carbons (Fsp3) is 0.455. The number of carbonyl (C=O) groups excluding carboxylic acids is 1. The van der Waals surface area contributed by atoms with E-state index in [-0.39, 0.29) is 5.91 Å². The summed E-state index contributed by atoms with van der Waals surface area (Å²) < 4.78 is 0. The fourth-order valence-electron chi connectivity index (χ4n) is 4.19. The fourth-order valence-corrected chi connectivity index (χ4v) is 4.19. The molecule has 0 unspecified atom stereocenters. The molecule has 0 aliphatic carbocycles. The zero-order chi connectivity index (χ0) is 18.6. The molecule has 5 heteroatoms. The first-order chi connectivity index (χ1) is 13.3. The molecule has 142 valence electrons. The van der Waals surface area contributed by atoms with Gasteiger partial charge in [0.25, 0.3) is 5.91 Å². The molecule has 2 aliphatic rings. The van der Waals surface area contributed by atoms with E-state index in [4.69, 9.17) is 0 Å². The molecule has 2 aliphatic heterocycles. The lowest BCUT2D eigenvalue weighted by Crippen LogP contribution is -2.29. The quantitative estimate of drug-likeness (QED) is 0.820. The summed E-state index contributed by atoms with van der Waals surface area (Å²) in [6.07, 6.45) is 8.23. The highest BCUT2D eigenvalue weighted by Gasteiger charge is 2.29. The molecule has 3 heterocycles. The number of benzene rings is 1. The van der Waals surface area contributed by atoms with E-state index in [0.717, 1.165) is 42.3 Å². The van der Waals surface area contributed by atoms with Crippen molar-refractivity contribution in [3.8, 4) is 0 Å². The van der Waals surface area contributed by atoms with E-state index in [2.05, 4.69) is 14.8 Å². The van der Waals surface area contributed by atoms with E-state index >= 15 is 0 Å². The number of para-hydroxylation sites is 1. The number of hydrogen-bond donors (Lipinski definition) is 0. The van der Waals surface area contributed by atoms with Crippen molar-refractivity contribution in [2.45, 2.75) is 32.1 Å². The summed E-state index contributed by atoms with van der Waals surface area (Å²) in [5.41, 5.74) is 2.57. The number of aromatic nitrogens is 1. The lowest BCUT2D eigenvalue weighted by molar-refractivity contribution is 0.0994. The summed E-state index contributed by atoms with van der Waals surface area (Å²) >= 11 is 0. The van der Waals surface area contributed by atoms with Gasteiger partial charge in [0.2, 0.25) is 0 Å². The number of hydrogen-bond acceptors (Lipinski definition) is 4. The standard InChI is InChI=1S/C22H28N4O/c1-24-20-12-8-13-23-21(20)26(19-11-5-4-10-18(19)22(24)27)17-9-16-25-14-6-2-3-7-15-25/h4-5,8,10-13H,2-3,6-7,9,14-17H2,1H3. The van der Waals surface area contributed by atoms with E-state index in [1.807, 2.05) is 49.6 Å². The van der Waals surface area contributed by atoms with E-state index in [0.29, 0.717) is 0 Å². The topological polar surface area (TPSA) is 39.7 Å². The number of rotatable bonds is 4. The maximum Gasteiger partial charge on any atom is 0.260 e. The maximum absolute atomic E-state index is 13.0. The second-order valence-corrected chi connectivity index (χ2v) is 7.49. The Morgan fingerprint density at radius 3 is 2.48 bits per heavy atom. The van der Waals surface area contributed by atoms with E-state index < -0.39 is 0 Å². The minimum absolute atomic E-state index is 0.0230. The minimum Gasteiger partial charge on any atom is -0.324 e. The van der Waals surface area contributed by atoms with Crippen molar-refractivity contribution in [3.05, 3.63) is 48.2 Å². The summed E-state index contributed by atoms with van der Waals surface area (Å²) in [6, 6.07) is 11.8. The number of fused-ring (bicyclic) bond motifs is 2. The molecule has 5 nitrogen and oxygen atoms in total. The lowest BCUT2D eigenvalue weighted by atomic mass is 10.1. The summed E-state index contributed by atoms with van der Waals surface area (Å²) in [6.45, 7) is 4.39. The SMILES string of the molecule is CN1C(=O)c2ccccc2N(CCCN2CCCCCC2)c2ncccc21. The molecule has 0 radical (unpaired) electrons. The molecule has 1 aromatic heterocycles. The molecular formula is C22H28N4O. The molecule has 0 atom stereocenters.